The van der Waals surface area contributed by atoms with E-state index in [1.807, 2.05) is 6.07 Å². The first-order valence-corrected chi connectivity index (χ1v) is 4.99. The zero-order valence-electron chi connectivity index (χ0n) is 8.46. The molecule has 0 aliphatic carbocycles. The summed E-state index contributed by atoms with van der Waals surface area (Å²) in [7, 11) is 0. The quantitative estimate of drug-likeness (QED) is 0.657. The lowest BCUT2D eigenvalue weighted by atomic mass is 9.98. The SMILES string of the molecule is C=C1CNC(C)NC1c1ccccc1. The van der Waals surface area contributed by atoms with Crippen LogP contribution in [0, 0.1) is 0 Å². The highest BCUT2D eigenvalue weighted by Gasteiger charge is 2.21. The maximum atomic E-state index is 4.08. The van der Waals surface area contributed by atoms with Gasteiger partial charge in [0.1, 0.15) is 0 Å². The first-order valence-electron chi connectivity index (χ1n) is 4.99. The minimum absolute atomic E-state index is 0.299. The van der Waals surface area contributed by atoms with E-state index in [0.29, 0.717) is 12.2 Å². The Bertz CT molecular complexity index is 318. The third-order valence-electron chi connectivity index (χ3n) is 2.59. The molecule has 0 bridgehead atoms. The van der Waals surface area contributed by atoms with Crippen LogP contribution in [0.1, 0.15) is 18.5 Å². The van der Waals surface area contributed by atoms with Crippen molar-refractivity contribution in [1.29, 1.82) is 0 Å². The standard InChI is InChI=1S/C12H16N2/c1-9-8-13-10(2)14-12(9)11-6-4-3-5-7-11/h3-7,10,12-14H,1,8H2,2H3. The molecular weight excluding hydrogens is 172 g/mol. The fourth-order valence-electron chi connectivity index (χ4n) is 1.79. The smallest absolute Gasteiger partial charge is 0.0557 e. The van der Waals surface area contributed by atoms with Crippen molar-refractivity contribution in [3.63, 3.8) is 0 Å². The molecule has 1 saturated heterocycles. The Morgan fingerprint density at radius 1 is 1.29 bits per heavy atom. The second-order valence-corrected chi connectivity index (χ2v) is 3.77. The van der Waals surface area contributed by atoms with E-state index in [-0.39, 0.29) is 0 Å². The van der Waals surface area contributed by atoms with E-state index in [1.54, 1.807) is 0 Å². The predicted octanol–water partition coefficient (Wildman–Crippen LogP) is 1.82. The van der Waals surface area contributed by atoms with Gasteiger partial charge in [-0.2, -0.15) is 0 Å². The van der Waals surface area contributed by atoms with Gasteiger partial charge in [0.2, 0.25) is 0 Å². The van der Waals surface area contributed by atoms with Gasteiger partial charge in [0.05, 0.1) is 12.2 Å². The fourth-order valence-corrected chi connectivity index (χ4v) is 1.79. The third kappa shape index (κ3) is 1.86. The fraction of sp³-hybridized carbons (Fsp3) is 0.333. The Morgan fingerprint density at radius 3 is 2.71 bits per heavy atom. The lowest BCUT2D eigenvalue weighted by Crippen LogP contribution is -2.48. The average molecular weight is 188 g/mol. The van der Waals surface area contributed by atoms with Gasteiger partial charge in [-0.1, -0.05) is 36.9 Å². The van der Waals surface area contributed by atoms with Crippen molar-refractivity contribution < 1.29 is 0 Å². The van der Waals surface area contributed by atoms with Crippen LogP contribution in [-0.2, 0) is 0 Å². The Labute approximate surface area is 85.0 Å². The minimum Gasteiger partial charge on any atom is -0.298 e. The zero-order valence-corrected chi connectivity index (χ0v) is 8.46. The first-order chi connectivity index (χ1) is 6.77. The van der Waals surface area contributed by atoms with Crippen molar-refractivity contribution in [3.8, 4) is 0 Å². The minimum atomic E-state index is 0.299. The summed E-state index contributed by atoms with van der Waals surface area (Å²) in [5, 5.41) is 6.79. The van der Waals surface area contributed by atoms with Crippen molar-refractivity contribution in [2.24, 2.45) is 0 Å². The summed E-state index contributed by atoms with van der Waals surface area (Å²) in [5.74, 6) is 0. The molecule has 1 aromatic carbocycles. The van der Waals surface area contributed by atoms with Crippen LogP contribution in [-0.4, -0.2) is 12.7 Å². The summed E-state index contributed by atoms with van der Waals surface area (Å²) in [4.78, 5) is 0. The van der Waals surface area contributed by atoms with E-state index in [4.69, 9.17) is 0 Å². The largest absolute Gasteiger partial charge is 0.298 e. The topological polar surface area (TPSA) is 24.1 Å². The second-order valence-electron chi connectivity index (χ2n) is 3.77. The summed E-state index contributed by atoms with van der Waals surface area (Å²) in [6.45, 7) is 7.11. The third-order valence-corrected chi connectivity index (χ3v) is 2.59. The Hall–Kier alpha value is -1.12. The summed E-state index contributed by atoms with van der Waals surface area (Å²) < 4.78 is 0. The van der Waals surface area contributed by atoms with Crippen LogP contribution in [0.3, 0.4) is 0 Å². The van der Waals surface area contributed by atoms with E-state index in [1.165, 1.54) is 11.1 Å². The van der Waals surface area contributed by atoms with Crippen LogP contribution in [0.15, 0.2) is 42.5 Å². The summed E-state index contributed by atoms with van der Waals surface area (Å²) in [6, 6.07) is 10.7. The molecule has 1 heterocycles. The predicted molar refractivity (Wildman–Crippen MR) is 58.9 cm³/mol. The molecule has 2 rings (SSSR count). The highest BCUT2D eigenvalue weighted by atomic mass is 15.2. The van der Waals surface area contributed by atoms with Crippen molar-refractivity contribution in [2.75, 3.05) is 6.54 Å². The van der Waals surface area contributed by atoms with Crippen LogP contribution >= 0.6 is 0 Å². The van der Waals surface area contributed by atoms with Crippen molar-refractivity contribution in [3.05, 3.63) is 48.0 Å². The lowest BCUT2D eigenvalue weighted by Gasteiger charge is -2.32. The molecule has 2 heteroatoms. The molecule has 0 radical (unpaired) electrons. The van der Waals surface area contributed by atoms with Crippen LogP contribution < -0.4 is 10.6 Å². The van der Waals surface area contributed by atoms with Crippen LogP contribution in [0.25, 0.3) is 0 Å². The van der Waals surface area contributed by atoms with Gasteiger partial charge >= 0.3 is 0 Å². The van der Waals surface area contributed by atoms with Gasteiger partial charge in [-0.3, -0.25) is 10.6 Å². The Balaban J connectivity index is 2.20. The zero-order chi connectivity index (χ0) is 9.97. The second kappa shape index (κ2) is 3.95. The Kier molecular flexibility index (Phi) is 2.66. The van der Waals surface area contributed by atoms with Crippen molar-refractivity contribution in [1.82, 2.24) is 10.6 Å². The number of hydrogen-bond donors (Lipinski definition) is 2. The van der Waals surface area contributed by atoms with Crippen LogP contribution in [0.4, 0.5) is 0 Å². The molecule has 1 fully saturated rings. The summed E-state index contributed by atoms with van der Waals surface area (Å²) >= 11 is 0. The number of rotatable bonds is 1. The van der Waals surface area contributed by atoms with E-state index < -0.39 is 0 Å². The molecule has 1 aliphatic heterocycles. The summed E-state index contributed by atoms with van der Waals surface area (Å²) in [6.07, 6.45) is 0.353. The number of hydrogen-bond acceptors (Lipinski definition) is 2. The summed E-state index contributed by atoms with van der Waals surface area (Å²) in [5.41, 5.74) is 2.50. The molecule has 1 aliphatic rings. The molecule has 0 aromatic heterocycles. The van der Waals surface area contributed by atoms with Gasteiger partial charge < -0.3 is 0 Å². The van der Waals surface area contributed by atoms with E-state index in [0.717, 1.165) is 6.54 Å². The average Bonchev–Trinajstić information content (AvgIpc) is 2.23. The molecule has 0 spiro atoms. The molecule has 2 unspecified atom stereocenters. The van der Waals surface area contributed by atoms with Crippen molar-refractivity contribution in [2.45, 2.75) is 19.1 Å². The monoisotopic (exact) mass is 188 g/mol. The Morgan fingerprint density at radius 2 is 2.00 bits per heavy atom. The maximum Gasteiger partial charge on any atom is 0.0557 e. The maximum absolute atomic E-state index is 4.08. The number of benzene rings is 1. The van der Waals surface area contributed by atoms with E-state index in [2.05, 4.69) is 48.4 Å². The van der Waals surface area contributed by atoms with Gasteiger partial charge in [0.15, 0.2) is 0 Å². The molecular formula is C12H16N2. The van der Waals surface area contributed by atoms with E-state index >= 15 is 0 Å². The van der Waals surface area contributed by atoms with Crippen LogP contribution in [0.5, 0.6) is 0 Å². The van der Waals surface area contributed by atoms with Gasteiger partial charge in [0, 0.05) is 6.54 Å². The molecule has 0 saturated carbocycles. The van der Waals surface area contributed by atoms with Gasteiger partial charge in [-0.05, 0) is 18.1 Å². The highest BCUT2D eigenvalue weighted by Crippen LogP contribution is 2.22. The van der Waals surface area contributed by atoms with Gasteiger partial charge in [-0.15, -0.1) is 0 Å². The lowest BCUT2D eigenvalue weighted by molar-refractivity contribution is 0.382. The highest BCUT2D eigenvalue weighted by molar-refractivity contribution is 5.28. The molecule has 2 N–H and O–H groups in total. The molecule has 1 aromatic rings. The number of nitrogens with one attached hydrogen (secondary N) is 2. The molecule has 2 nitrogen and oxygen atoms in total. The van der Waals surface area contributed by atoms with Gasteiger partial charge in [0.25, 0.3) is 0 Å². The molecule has 74 valence electrons. The normalized spacial score (nSPS) is 27.6. The molecule has 0 amide bonds. The van der Waals surface area contributed by atoms with Gasteiger partial charge in [-0.25, -0.2) is 0 Å². The molecule has 14 heavy (non-hydrogen) atoms. The van der Waals surface area contributed by atoms with Crippen molar-refractivity contribution >= 4 is 0 Å². The van der Waals surface area contributed by atoms with E-state index in [9.17, 15) is 0 Å². The first kappa shape index (κ1) is 9.44. The van der Waals surface area contributed by atoms with Crippen LogP contribution in [0.2, 0.25) is 0 Å². The molecule has 2 atom stereocenters.